The molecule has 0 aliphatic heterocycles. The summed E-state index contributed by atoms with van der Waals surface area (Å²) >= 11 is 1.65. The summed E-state index contributed by atoms with van der Waals surface area (Å²) in [6.07, 6.45) is 6.37. The molecular weight excluding hydrogens is 244 g/mol. The van der Waals surface area contributed by atoms with E-state index in [2.05, 4.69) is 10.4 Å². The van der Waals surface area contributed by atoms with E-state index in [4.69, 9.17) is 4.98 Å². The second-order valence-corrected chi connectivity index (χ2v) is 7.07. The lowest BCUT2D eigenvalue weighted by molar-refractivity contribution is 0.793. The van der Waals surface area contributed by atoms with E-state index >= 15 is 0 Å². The van der Waals surface area contributed by atoms with Crippen molar-refractivity contribution in [3.63, 3.8) is 0 Å². The highest BCUT2D eigenvalue weighted by atomic mass is 32.1. The molecule has 1 unspecified atom stereocenters. The molecule has 5 rings (SSSR count). The summed E-state index contributed by atoms with van der Waals surface area (Å²) in [5, 5.41) is 3.02. The van der Waals surface area contributed by atoms with Gasteiger partial charge in [-0.3, -0.25) is 4.79 Å². The van der Waals surface area contributed by atoms with Crippen LogP contribution in [0.5, 0.6) is 0 Å². The molecule has 3 nitrogen and oxygen atoms in total. The van der Waals surface area contributed by atoms with Gasteiger partial charge in [0.15, 0.2) is 0 Å². The van der Waals surface area contributed by atoms with Crippen LogP contribution < -0.4 is 5.56 Å². The van der Waals surface area contributed by atoms with Gasteiger partial charge in [-0.25, -0.2) is 4.98 Å². The number of rotatable bonds is 2. The van der Waals surface area contributed by atoms with E-state index in [1.807, 2.05) is 0 Å². The minimum absolute atomic E-state index is 0.0980. The van der Waals surface area contributed by atoms with Crippen molar-refractivity contribution in [2.45, 2.75) is 43.9 Å². The standard InChI is InChI=1S/C14H14N2OS/c17-12-10-8(7-1-2-7)6-18-13(10)16-11(15-12)9-5-14(9)3-4-14/h6-7,9H,1-5H2,(H,15,16,17). The van der Waals surface area contributed by atoms with Gasteiger partial charge in [-0.1, -0.05) is 0 Å². The van der Waals surface area contributed by atoms with Crippen LogP contribution in [-0.2, 0) is 0 Å². The van der Waals surface area contributed by atoms with Gasteiger partial charge < -0.3 is 4.98 Å². The lowest BCUT2D eigenvalue weighted by atomic mass is 10.1. The quantitative estimate of drug-likeness (QED) is 0.899. The Morgan fingerprint density at radius 2 is 2.22 bits per heavy atom. The predicted octanol–water partition coefficient (Wildman–Crippen LogP) is 3.13. The third kappa shape index (κ3) is 1.19. The Kier molecular flexibility index (Phi) is 1.55. The van der Waals surface area contributed by atoms with Crippen LogP contribution in [-0.4, -0.2) is 9.97 Å². The van der Waals surface area contributed by atoms with Crippen LogP contribution >= 0.6 is 11.3 Å². The van der Waals surface area contributed by atoms with Crippen molar-refractivity contribution in [3.8, 4) is 0 Å². The molecule has 3 aliphatic carbocycles. The highest BCUT2D eigenvalue weighted by Gasteiger charge is 2.64. The van der Waals surface area contributed by atoms with E-state index in [1.165, 1.54) is 37.7 Å². The maximum atomic E-state index is 12.3. The summed E-state index contributed by atoms with van der Waals surface area (Å²) < 4.78 is 0. The molecule has 3 saturated carbocycles. The van der Waals surface area contributed by atoms with Crippen molar-refractivity contribution < 1.29 is 0 Å². The zero-order valence-corrected chi connectivity index (χ0v) is 10.8. The second-order valence-electron chi connectivity index (χ2n) is 6.22. The van der Waals surface area contributed by atoms with Crippen LogP contribution in [0.25, 0.3) is 10.2 Å². The topological polar surface area (TPSA) is 45.8 Å². The van der Waals surface area contributed by atoms with Crippen LogP contribution in [0, 0.1) is 5.41 Å². The Hall–Kier alpha value is -1.16. The van der Waals surface area contributed by atoms with E-state index in [0.29, 0.717) is 17.3 Å². The molecule has 4 heteroatoms. The zero-order valence-electron chi connectivity index (χ0n) is 10.0. The van der Waals surface area contributed by atoms with Gasteiger partial charge in [0, 0.05) is 5.92 Å². The first-order valence-corrected chi connectivity index (χ1v) is 7.66. The Balaban J connectivity index is 1.69. The molecule has 0 radical (unpaired) electrons. The molecular formula is C14H14N2OS. The molecule has 92 valence electrons. The van der Waals surface area contributed by atoms with Gasteiger partial charge in [-0.2, -0.15) is 0 Å². The fraction of sp³-hybridized carbons (Fsp3) is 0.571. The van der Waals surface area contributed by atoms with Crippen LogP contribution in [0.3, 0.4) is 0 Å². The fourth-order valence-corrected chi connectivity index (χ4v) is 4.32. The number of thiophene rings is 1. The second kappa shape index (κ2) is 2.87. The first kappa shape index (κ1) is 9.73. The molecule has 3 aliphatic rings. The van der Waals surface area contributed by atoms with Crippen molar-refractivity contribution >= 4 is 21.6 Å². The SMILES string of the molecule is O=c1[nH]c(C2CC23CC3)nc2scc(C3CC3)c12. The first-order chi connectivity index (χ1) is 8.77. The number of fused-ring (bicyclic) bond motifs is 1. The smallest absolute Gasteiger partial charge is 0.259 e. The number of hydrogen-bond acceptors (Lipinski definition) is 3. The molecule has 2 heterocycles. The van der Waals surface area contributed by atoms with E-state index in [0.717, 1.165) is 16.0 Å². The summed E-state index contributed by atoms with van der Waals surface area (Å²) in [6, 6.07) is 0. The number of aromatic nitrogens is 2. The van der Waals surface area contributed by atoms with Crippen LogP contribution in [0.15, 0.2) is 10.2 Å². The van der Waals surface area contributed by atoms with E-state index in [9.17, 15) is 4.79 Å². The summed E-state index contributed by atoms with van der Waals surface area (Å²) in [6.45, 7) is 0. The lowest BCUT2D eigenvalue weighted by Crippen LogP contribution is -2.11. The number of H-pyrrole nitrogens is 1. The zero-order chi connectivity index (χ0) is 11.9. The number of aromatic amines is 1. The fourth-order valence-electron chi connectivity index (χ4n) is 3.29. The van der Waals surface area contributed by atoms with Gasteiger partial charge in [-0.05, 0) is 54.4 Å². The minimum atomic E-state index is 0.0980. The van der Waals surface area contributed by atoms with Gasteiger partial charge >= 0.3 is 0 Å². The lowest BCUT2D eigenvalue weighted by Gasteiger charge is -2.00. The summed E-state index contributed by atoms with van der Waals surface area (Å²) in [5.41, 5.74) is 1.90. The van der Waals surface area contributed by atoms with Crippen molar-refractivity contribution in [1.29, 1.82) is 0 Å². The van der Waals surface area contributed by atoms with Crippen LogP contribution in [0.1, 0.15) is 55.3 Å². The summed E-state index contributed by atoms with van der Waals surface area (Å²) in [5.74, 6) is 2.12. The van der Waals surface area contributed by atoms with Gasteiger partial charge in [0.25, 0.3) is 5.56 Å². The molecule has 0 aromatic carbocycles. The monoisotopic (exact) mass is 258 g/mol. The largest absolute Gasteiger partial charge is 0.310 e. The number of nitrogens with zero attached hydrogens (tertiary/aromatic N) is 1. The predicted molar refractivity (Wildman–Crippen MR) is 71.2 cm³/mol. The summed E-state index contributed by atoms with van der Waals surface area (Å²) in [4.78, 5) is 21.0. The van der Waals surface area contributed by atoms with E-state index in [-0.39, 0.29) is 5.56 Å². The molecule has 0 bridgehead atoms. The molecule has 1 spiro atoms. The Bertz CT molecular complexity index is 721. The number of nitrogens with one attached hydrogen (secondary N) is 1. The maximum absolute atomic E-state index is 12.3. The van der Waals surface area contributed by atoms with Crippen LogP contribution in [0.2, 0.25) is 0 Å². The highest BCUT2D eigenvalue weighted by Crippen LogP contribution is 2.74. The molecule has 0 amide bonds. The Morgan fingerprint density at radius 1 is 1.39 bits per heavy atom. The summed E-state index contributed by atoms with van der Waals surface area (Å²) in [7, 11) is 0. The van der Waals surface area contributed by atoms with Crippen molar-refractivity contribution in [2.75, 3.05) is 0 Å². The van der Waals surface area contributed by atoms with Crippen molar-refractivity contribution in [3.05, 3.63) is 27.1 Å². The Labute approximate surface area is 108 Å². The first-order valence-electron chi connectivity index (χ1n) is 6.78. The normalized spacial score (nSPS) is 27.9. The average Bonchev–Trinajstić information content (AvgIpc) is 3.24. The van der Waals surface area contributed by atoms with Gasteiger partial charge in [0.1, 0.15) is 10.7 Å². The van der Waals surface area contributed by atoms with Crippen LogP contribution in [0.4, 0.5) is 0 Å². The minimum Gasteiger partial charge on any atom is -0.310 e. The van der Waals surface area contributed by atoms with Gasteiger partial charge in [-0.15, -0.1) is 11.3 Å². The van der Waals surface area contributed by atoms with E-state index in [1.54, 1.807) is 11.3 Å². The molecule has 0 saturated heterocycles. The maximum Gasteiger partial charge on any atom is 0.259 e. The molecule has 2 aromatic heterocycles. The third-order valence-electron chi connectivity index (χ3n) is 4.92. The van der Waals surface area contributed by atoms with Gasteiger partial charge in [0.2, 0.25) is 0 Å². The third-order valence-corrected chi connectivity index (χ3v) is 5.81. The highest BCUT2D eigenvalue weighted by molar-refractivity contribution is 7.16. The van der Waals surface area contributed by atoms with Crippen molar-refractivity contribution in [2.24, 2.45) is 5.41 Å². The Morgan fingerprint density at radius 3 is 2.89 bits per heavy atom. The molecule has 1 atom stereocenters. The molecule has 3 fully saturated rings. The van der Waals surface area contributed by atoms with Gasteiger partial charge in [0.05, 0.1) is 5.39 Å². The molecule has 2 aromatic rings. The molecule has 1 N–H and O–H groups in total. The molecule has 18 heavy (non-hydrogen) atoms. The number of hydrogen-bond donors (Lipinski definition) is 1. The van der Waals surface area contributed by atoms with Crippen molar-refractivity contribution in [1.82, 2.24) is 9.97 Å². The van der Waals surface area contributed by atoms with E-state index < -0.39 is 0 Å². The average molecular weight is 258 g/mol.